The Morgan fingerprint density at radius 1 is 1.53 bits per heavy atom. The zero-order chi connectivity index (χ0) is 10.4. The van der Waals surface area contributed by atoms with Crippen molar-refractivity contribution in [3.05, 3.63) is 12.0 Å². The van der Waals surface area contributed by atoms with Crippen LogP contribution in [-0.4, -0.2) is 30.8 Å². The Bertz CT molecular complexity index is 285. The van der Waals surface area contributed by atoms with Gasteiger partial charge in [0.25, 0.3) is 0 Å². The minimum atomic E-state index is 0.227. The van der Waals surface area contributed by atoms with Crippen LogP contribution in [0.15, 0.2) is 12.0 Å². The molecule has 3 rings (SSSR count). The minimum Gasteiger partial charge on any atom is -0.473 e. The van der Waals surface area contributed by atoms with E-state index >= 15 is 0 Å². The number of hydrogen-bond acceptors (Lipinski definition) is 3. The average Bonchev–Trinajstić information content (AvgIpc) is 3.10. The molecule has 2 saturated carbocycles. The largest absolute Gasteiger partial charge is 0.473 e. The minimum absolute atomic E-state index is 0.227. The fourth-order valence-electron chi connectivity index (χ4n) is 2.17. The molecule has 0 saturated heterocycles. The van der Waals surface area contributed by atoms with E-state index in [0.29, 0.717) is 12.0 Å². The maximum atomic E-state index is 5.80. The Morgan fingerprint density at radius 2 is 2.33 bits per heavy atom. The predicted octanol–water partition coefficient (Wildman–Crippen LogP) is 1.52. The topological polar surface area (TPSA) is 24.5 Å². The average molecular weight is 208 g/mol. The van der Waals surface area contributed by atoms with Gasteiger partial charge < -0.3 is 15.0 Å². The van der Waals surface area contributed by atoms with Crippen LogP contribution in [-0.2, 0) is 4.74 Å². The van der Waals surface area contributed by atoms with E-state index < -0.39 is 0 Å². The molecular formula is C12H20N2O. The SMILES string of the molecule is CC1OC(C2CC2NCC2CC2)=CN1C. The van der Waals surface area contributed by atoms with Gasteiger partial charge in [-0.25, -0.2) is 0 Å². The molecule has 3 atom stereocenters. The fourth-order valence-corrected chi connectivity index (χ4v) is 2.17. The van der Waals surface area contributed by atoms with E-state index in [1.54, 1.807) is 0 Å². The van der Waals surface area contributed by atoms with Crippen molar-refractivity contribution in [3.63, 3.8) is 0 Å². The molecule has 0 aromatic carbocycles. The first kappa shape index (κ1) is 9.52. The standard InChI is InChI=1S/C12H20N2O/c1-8-14(2)7-12(15-8)10-5-11(10)13-6-9-3-4-9/h7-11,13H,3-6H2,1-2H3. The highest BCUT2D eigenvalue weighted by molar-refractivity contribution is 5.15. The van der Waals surface area contributed by atoms with Crippen molar-refractivity contribution < 1.29 is 4.74 Å². The van der Waals surface area contributed by atoms with Crippen LogP contribution in [0.1, 0.15) is 26.2 Å². The maximum Gasteiger partial charge on any atom is 0.168 e. The van der Waals surface area contributed by atoms with Crippen LogP contribution in [0.25, 0.3) is 0 Å². The first-order valence-corrected chi connectivity index (χ1v) is 6.07. The molecule has 0 aromatic heterocycles. The van der Waals surface area contributed by atoms with Gasteiger partial charge in [-0.1, -0.05) is 0 Å². The van der Waals surface area contributed by atoms with E-state index in [2.05, 4.69) is 30.4 Å². The van der Waals surface area contributed by atoms with Gasteiger partial charge in [-0.15, -0.1) is 0 Å². The Labute approximate surface area is 91.5 Å². The first-order valence-electron chi connectivity index (χ1n) is 6.07. The summed E-state index contributed by atoms with van der Waals surface area (Å²) in [6.45, 7) is 3.32. The van der Waals surface area contributed by atoms with Crippen LogP contribution < -0.4 is 5.32 Å². The molecule has 0 spiro atoms. The van der Waals surface area contributed by atoms with Crippen LogP contribution in [0.4, 0.5) is 0 Å². The van der Waals surface area contributed by atoms with Gasteiger partial charge in [0.15, 0.2) is 6.23 Å². The smallest absolute Gasteiger partial charge is 0.168 e. The van der Waals surface area contributed by atoms with E-state index in [-0.39, 0.29) is 6.23 Å². The van der Waals surface area contributed by atoms with Crippen molar-refractivity contribution in [2.24, 2.45) is 11.8 Å². The van der Waals surface area contributed by atoms with Crippen molar-refractivity contribution in [1.82, 2.24) is 10.2 Å². The summed E-state index contributed by atoms with van der Waals surface area (Å²) < 4.78 is 5.80. The number of ether oxygens (including phenoxy) is 1. The summed E-state index contributed by atoms with van der Waals surface area (Å²) in [5, 5.41) is 3.64. The third-order valence-electron chi connectivity index (χ3n) is 3.73. The molecule has 1 aliphatic heterocycles. The maximum absolute atomic E-state index is 5.80. The summed E-state index contributed by atoms with van der Waals surface area (Å²) in [5.41, 5.74) is 0. The second kappa shape index (κ2) is 3.41. The summed E-state index contributed by atoms with van der Waals surface area (Å²) in [6.07, 6.45) is 6.52. The van der Waals surface area contributed by atoms with Crippen molar-refractivity contribution >= 4 is 0 Å². The third kappa shape index (κ3) is 1.98. The summed E-state index contributed by atoms with van der Waals surface area (Å²) in [6, 6.07) is 0.690. The van der Waals surface area contributed by atoms with Crippen molar-refractivity contribution in [1.29, 1.82) is 0 Å². The van der Waals surface area contributed by atoms with Gasteiger partial charge in [0.2, 0.25) is 0 Å². The summed E-state index contributed by atoms with van der Waals surface area (Å²) in [4.78, 5) is 2.14. The molecule has 0 radical (unpaired) electrons. The van der Waals surface area contributed by atoms with E-state index in [4.69, 9.17) is 4.74 Å². The van der Waals surface area contributed by atoms with E-state index in [0.717, 1.165) is 5.92 Å². The molecule has 2 fully saturated rings. The highest BCUT2D eigenvalue weighted by Gasteiger charge is 2.44. The van der Waals surface area contributed by atoms with Gasteiger partial charge in [-0.05, 0) is 38.6 Å². The first-order chi connectivity index (χ1) is 7.24. The highest BCUT2D eigenvalue weighted by Crippen LogP contribution is 2.41. The monoisotopic (exact) mass is 208 g/mol. The van der Waals surface area contributed by atoms with Gasteiger partial charge in [0, 0.05) is 25.2 Å². The van der Waals surface area contributed by atoms with Crippen molar-refractivity contribution in [3.8, 4) is 0 Å². The lowest BCUT2D eigenvalue weighted by Gasteiger charge is -2.14. The van der Waals surface area contributed by atoms with Gasteiger partial charge in [0.1, 0.15) is 5.76 Å². The number of hydrogen-bond donors (Lipinski definition) is 1. The quantitative estimate of drug-likeness (QED) is 0.758. The lowest BCUT2D eigenvalue weighted by Crippen LogP contribution is -2.21. The zero-order valence-corrected chi connectivity index (χ0v) is 9.57. The molecular weight excluding hydrogens is 188 g/mol. The van der Waals surface area contributed by atoms with E-state index in [9.17, 15) is 0 Å². The van der Waals surface area contributed by atoms with Crippen molar-refractivity contribution in [2.75, 3.05) is 13.6 Å². The lowest BCUT2D eigenvalue weighted by molar-refractivity contribution is 0.0674. The Balaban J connectivity index is 1.47. The molecule has 2 aliphatic carbocycles. The Kier molecular flexibility index (Phi) is 2.16. The molecule has 3 aliphatic rings. The van der Waals surface area contributed by atoms with Crippen LogP contribution in [0.2, 0.25) is 0 Å². The second-order valence-electron chi connectivity index (χ2n) is 5.21. The van der Waals surface area contributed by atoms with Crippen molar-refractivity contribution in [2.45, 2.75) is 38.5 Å². The van der Waals surface area contributed by atoms with Gasteiger partial charge in [-0.2, -0.15) is 0 Å². The lowest BCUT2D eigenvalue weighted by atomic mass is 10.3. The molecule has 15 heavy (non-hydrogen) atoms. The van der Waals surface area contributed by atoms with Gasteiger partial charge >= 0.3 is 0 Å². The van der Waals surface area contributed by atoms with Gasteiger partial charge in [0.05, 0.1) is 0 Å². The number of nitrogens with one attached hydrogen (secondary N) is 1. The zero-order valence-electron chi connectivity index (χ0n) is 9.57. The van der Waals surface area contributed by atoms with E-state index in [1.807, 2.05) is 0 Å². The number of nitrogens with zero attached hydrogens (tertiary/aromatic N) is 1. The summed E-state index contributed by atoms with van der Waals surface area (Å²) >= 11 is 0. The summed E-state index contributed by atoms with van der Waals surface area (Å²) in [5.74, 6) is 2.82. The van der Waals surface area contributed by atoms with Crippen LogP contribution in [0.5, 0.6) is 0 Å². The second-order valence-corrected chi connectivity index (χ2v) is 5.21. The highest BCUT2D eigenvalue weighted by atomic mass is 16.5. The molecule has 3 heteroatoms. The van der Waals surface area contributed by atoms with Crippen LogP contribution in [0, 0.1) is 11.8 Å². The van der Waals surface area contributed by atoms with E-state index in [1.165, 1.54) is 31.6 Å². The Morgan fingerprint density at radius 3 is 2.93 bits per heavy atom. The fraction of sp³-hybridized carbons (Fsp3) is 0.833. The number of rotatable bonds is 4. The molecule has 0 amide bonds. The normalized spacial score (nSPS) is 38.9. The van der Waals surface area contributed by atoms with Crippen LogP contribution in [0.3, 0.4) is 0 Å². The Hall–Kier alpha value is -0.700. The predicted molar refractivity (Wildman–Crippen MR) is 59.0 cm³/mol. The molecule has 0 aromatic rings. The molecule has 84 valence electrons. The molecule has 0 bridgehead atoms. The molecule has 1 heterocycles. The van der Waals surface area contributed by atoms with Crippen LogP contribution >= 0.6 is 0 Å². The molecule has 1 N–H and O–H groups in total. The third-order valence-corrected chi connectivity index (χ3v) is 3.73. The summed E-state index contributed by atoms with van der Waals surface area (Å²) in [7, 11) is 2.08. The van der Waals surface area contributed by atoms with Gasteiger partial charge in [-0.3, -0.25) is 0 Å². The molecule has 3 nitrogen and oxygen atoms in total. The molecule has 3 unspecified atom stereocenters.